The van der Waals surface area contributed by atoms with Gasteiger partial charge in [-0.15, -0.1) is 0 Å². The lowest BCUT2D eigenvalue weighted by atomic mass is 9.98. The minimum absolute atomic E-state index is 0.662. The summed E-state index contributed by atoms with van der Waals surface area (Å²) in [6, 6.07) is 6.20. The number of nitrogens with one attached hydrogen (secondary N) is 1. The maximum atomic E-state index is 5.77. The highest BCUT2D eigenvalue weighted by atomic mass is 16.6. The first-order chi connectivity index (χ1) is 9.92. The Morgan fingerprint density at radius 3 is 2.55 bits per heavy atom. The molecule has 1 N–H and O–H groups in total. The second-order valence-corrected chi connectivity index (χ2v) is 6.41. The van der Waals surface area contributed by atoms with E-state index in [0.717, 1.165) is 35.8 Å². The van der Waals surface area contributed by atoms with Crippen LogP contribution in [-0.4, -0.2) is 19.8 Å². The molecule has 0 spiro atoms. The molecule has 0 unspecified atom stereocenters. The summed E-state index contributed by atoms with van der Waals surface area (Å²) in [6.07, 6.45) is 5.84. The number of para-hydroxylation sites is 1. The van der Waals surface area contributed by atoms with Gasteiger partial charge in [0.25, 0.3) is 0 Å². The van der Waals surface area contributed by atoms with Crippen molar-refractivity contribution in [2.24, 2.45) is 17.8 Å². The maximum absolute atomic E-state index is 5.77. The molecule has 1 aromatic rings. The van der Waals surface area contributed by atoms with Gasteiger partial charge in [-0.3, -0.25) is 0 Å². The first-order valence-corrected chi connectivity index (χ1v) is 8.00. The SMILES string of the molecule is c1cc(CNCC(C2CC2)C2CC2)c2c(c1)OCCO2. The van der Waals surface area contributed by atoms with E-state index in [1.54, 1.807) is 0 Å². The highest BCUT2D eigenvalue weighted by Crippen LogP contribution is 2.48. The van der Waals surface area contributed by atoms with E-state index in [1.807, 2.05) is 6.07 Å². The van der Waals surface area contributed by atoms with Crippen LogP contribution in [0.5, 0.6) is 11.5 Å². The molecule has 4 rings (SSSR count). The van der Waals surface area contributed by atoms with Gasteiger partial charge < -0.3 is 14.8 Å². The third kappa shape index (κ3) is 2.64. The molecule has 0 amide bonds. The van der Waals surface area contributed by atoms with Crippen LogP contribution in [0.15, 0.2) is 18.2 Å². The molecular formula is C17H23NO2. The number of hydrogen-bond donors (Lipinski definition) is 1. The second-order valence-electron chi connectivity index (χ2n) is 6.41. The van der Waals surface area contributed by atoms with Gasteiger partial charge in [0.15, 0.2) is 11.5 Å². The summed E-state index contributed by atoms with van der Waals surface area (Å²) >= 11 is 0. The Kier molecular flexibility index (Phi) is 3.31. The van der Waals surface area contributed by atoms with Crippen LogP contribution in [0.25, 0.3) is 0 Å². The van der Waals surface area contributed by atoms with E-state index in [2.05, 4.69) is 17.4 Å². The van der Waals surface area contributed by atoms with Crippen LogP contribution < -0.4 is 14.8 Å². The number of benzene rings is 1. The first-order valence-electron chi connectivity index (χ1n) is 8.00. The summed E-state index contributed by atoms with van der Waals surface area (Å²) in [7, 11) is 0. The van der Waals surface area contributed by atoms with Crippen LogP contribution >= 0.6 is 0 Å². The van der Waals surface area contributed by atoms with Gasteiger partial charge in [-0.1, -0.05) is 12.1 Å². The Morgan fingerprint density at radius 1 is 1.05 bits per heavy atom. The average Bonchev–Trinajstić information content (AvgIpc) is 3.38. The molecule has 1 aromatic carbocycles. The molecule has 3 nitrogen and oxygen atoms in total. The maximum Gasteiger partial charge on any atom is 0.165 e. The molecule has 20 heavy (non-hydrogen) atoms. The van der Waals surface area contributed by atoms with Crippen molar-refractivity contribution in [1.29, 1.82) is 0 Å². The van der Waals surface area contributed by atoms with Crippen molar-refractivity contribution < 1.29 is 9.47 Å². The van der Waals surface area contributed by atoms with Crippen LogP contribution in [-0.2, 0) is 6.54 Å². The molecule has 2 fully saturated rings. The first kappa shape index (κ1) is 12.5. The molecule has 1 heterocycles. The molecule has 2 aliphatic carbocycles. The lowest BCUT2D eigenvalue weighted by Gasteiger charge is -2.22. The van der Waals surface area contributed by atoms with E-state index in [1.165, 1.54) is 37.8 Å². The molecule has 3 heteroatoms. The molecule has 0 bridgehead atoms. The lowest BCUT2D eigenvalue weighted by molar-refractivity contribution is 0.169. The van der Waals surface area contributed by atoms with E-state index in [0.29, 0.717) is 13.2 Å². The van der Waals surface area contributed by atoms with Gasteiger partial charge in [0, 0.05) is 12.1 Å². The quantitative estimate of drug-likeness (QED) is 0.864. The number of fused-ring (bicyclic) bond motifs is 1. The van der Waals surface area contributed by atoms with Gasteiger partial charge in [0.05, 0.1) is 0 Å². The summed E-state index contributed by atoms with van der Waals surface area (Å²) in [6.45, 7) is 3.38. The Bertz CT molecular complexity index is 468. The third-order valence-corrected chi connectivity index (χ3v) is 4.80. The average molecular weight is 273 g/mol. The summed E-state index contributed by atoms with van der Waals surface area (Å²) < 4.78 is 11.4. The van der Waals surface area contributed by atoms with E-state index in [9.17, 15) is 0 Å². The molecule has 0 saturated heterocycles. The predicted octanol–water partition coefficient (Wildman–Crippen LogP) is 2.98. The fraction of sp³-hybridized carbons (Fsp3) is 0.647. The molecule has 108 valence electrons. The zero-order valence-electron chi connectivity index (χ0n) is 11.9. The molecule has 0 atom stereocenters. The third-order valence-electron chi connectivity index (χ3n) is 4.80. The highest BCUT2D eigenvalue weighted by molar-refractivity contribution is 5.47. The summed E-state index contributed by atoms with van der Waals surface area (Å²) in [5.41, 5.74) is 1.23. The van der Waals surface area contributed by atoms with Gasteiger partial charge in [-0.05, 0) is 56.0 Å². The van der Waals surface area contributed by atoms with Crippen LogP contribution in [0.3, 0.4) is 0 Å². The van der Waals surface area contributed by atoms with Crippen molar-refractivity contribution in [2.45, 2.75) is 32.2 Å². The highest BCUT2D eigenvalue weighted by Gasteiger charge is 2.40. The molecule has 3 aliphatic rings. The Morgan fingerprint density at radius 2 is 1.80 bits per heavy atom. The topological polar surface area (TPSA) is 30.5 Å². The van der Waals surface area contributed by atoms with Crippen molar-refractivity contribution in [2.75, 3.05) is 19.8 Å². The lowest BCUT2D eigenvalue weighted by Crippen LogP contribution is -2.26. The number of hydrogen-bond acceptors (Lipinski definition) is 3. The van der Waals surface area contributed by atoms with Gasteiger partial charge in [0.2, 0.25) is 0 Å². The molecule has 2 saturated carbocycles. The van der Waals surface area contributed by atoms with E-state index < -0.39 is 0 Å². The predicted molar refractivity (Wildman–Crippen MR) is 78.1 cm³/mol. The fourth-order valence-electron chi connectivity index (χ4n) is 3.41. The van der Waals surface area contributed by atoms with Gasteiger partial charge in [-0.25, -0.2) is 0 Å². The monoisotopic (exact) mass is 273 g/mol. The fourth-order valence-corrected chi connectivity index (χ4v) is 3.41. The molecule has 0 radical (unpaired) electrons. The molecule has 1 aliphatic heterocycles. The van der Waals surface area contributed by atoms with E-state index in [4.69, 9.17) is 9.47 Å². The van der Waals surface area contributed by atoms with Crippen molar-refractivity contribution in [1.82, 2.24) is 5.32 Å². The van der Waals surface area contributed by atoms with Crippen molar-refractivity contribution in [3.8, 4) is 11.5 Å². The number of ether oxygens (including phenoxy) is 2. The molecule has 0 aromatic heterocycles. The standard InChI is InChI=1S/C17H23NO2/c1-2-14(17-16(3-1)19-8-9-20-17)10-18-11-15(12-4-5-12)13-6-7-13/h1-3,12-13,15,18H,4-11H2. The minimum atomic E-state index is 0.662. The van der Waals surface area contributed by atoms with Crippen LogP contribution in [0.4, 0.5) is 0 Å². The Balaban J connectivity index is 1.37. The summed E-state index contributed by atoms with van der Waals surface area (Å²) in [5, 5.41) is 3.66. The van der Waals surface area contributed by atoms with E-state index >= 15 is 0 Å². The van der Waals surface area contributed by atoms with Crippen molar-refractivity contribution in [3.05, 3.63) is 23.8 Å². The summed E-state index contributed by atoms with van der Waals surface area (Å²) in [4.78, 5) is 0. The number of rotatable bonds is 6. The smallest absolute Gasteiger partial charge is 0.165 e. The second kappa shape index (κ2) is 5.28. The molecular weight excluding hydrogens is 250 g/mol. The zero-order valence-corrected chi connectivity index (χ0v) is 11.9. The zero-order chi connectivity index (χ0) is 13.4. The largest absolute Gasteiger partial charge is 0.486 e. The summed E-state index contributed by atoms with van der Waals surface area (Å²) in [5.74, 6) is 4.79. The van der Waals surface area contributed by atoms with Gasteiger partial charge in [0.1, 0.15) is 13.2 Å². The Labute approximate surface area is 120 Å². The van der Waals surface area contributed by atoms with Crippen LogP contribution in [0, 0.1) is 17.8 Å². The van der Waals surface area contributed by atoms with Crippen LogP contribution in [0.2, 0.25) is 0 Å². The van der Waals surface area contributed by atoms with Gasteiger partial charge in [-0.2, -0.15) is 0 Å². The Hall–Kier alpha value is -1.22. The normalized spacial score (nSPS) is 21.2. The van der Waals surface area contributed by atoms with E-state index in [-0.39, 0.29) is 0 Å². The van der Waals surface area contributed by atoms with Crippen molar-refractivity contribution >= 4 is 0 Å². The van der Waals surface area contributed by atoms with Gasteiger partial charge >= 0.3 is 0 Å². The van der Waals surface area contributed by atoms with Crippen LogP contribution in [0.1, 0.15) is 31.2 Å². The van der Waals surface area contributed by atoms with Crippen molar-refractivity contribution in [3.63, 3.8) is 0 Å². The minimum Gasteiger partial charge on any atom is -0.486 e.